The van der Waals surface area contributed by atoms with Crippen LogP contribution in [-0.4, -0.2) is 52.7 Å². The molecule has 22 heavy (non-hydrogen) atoms. The van der Waals surface area contributed by atoms with Crippen LogP contribution in [0.5, 0.6) is 11.5 Å². The van der Waals surface area contributed by atoms with Gasteiger partial charge in [-0.25, -0.2) is 0 Å². The van der Waals surface area contributed by atoms with Crippen molar-refractivity contribution < 1.29 is 19.7 Å². The SMILES string of the molecule is CN1CC[C@]23c4c5ccc(O)c4O[C@H]2[C@@H](O)CC(=O)[C@H]3[C@H]1C5. The van der Waals surface area contributed by atoms with Gasteiger partial charge in [-0.2, -0.15) is 0 Å². The lowest BCUT2D eigenvalue weighted by atomic mass is 9.51. The van der Waals surface area contributed by atoms with Crippen molar-refractivity contribution in [3.05, 3.63) is 23.3 Å². The third-order valence-electron chi connectivity index (χ3n) is 6.36. The minimum Gasteiger partial charge on any atom is -0.504 e. The fraction of sp³-hybridized carbons (Fsp3) is 0.588. The Morgan fingerprint density at radius 2 is 2.18 bits per heavy atom. The average Bonchev–Trinajstić information content (AvgIpc) is 2.83. The second kappa shape index (κ2) is 3.84. The molecular formula is C17H19NO4. The number of likely N-dealkylation sites (N-methyl/N-ethyl adjacent to an activating group) is 1. The first-order valence-corrected chi connectivity index (χ1v) is 7.97. The molecule has 1 saturated carbocycles. The Morgan fingerprint density at radius 3 is 3.00 bits per heavy atom. The van der Waals surface area contributed by atoms with Gasteiger partial charge in [0.25, 0.3) is 0 Å². The highest BCUT2D eigenvalue weighted by Crippen LogP contribution is 2.62. The Morgan fingerprint density at radius 1 is 1.36 bits per heavy atom. The number of nitrogens with zero attached hydrogens (tertiary/aromatic N) is 1. The smallest absolute Gasteiger partial charge is 0.165 e. The van der Waals surface area contributed by atoms with Gasteiger partial charge in [-0.1, -0.05) is 6.07 Å². The lowest BCUT2D eigenvalue weighted by Crippen LogP contribution is -2.69. The number of likely N-dealkylation sites (tertiary alicyclic amines) is 1. The van der Waals surface area contributed by atoms with E-state index >= 15 is 0 Å². The number of hydrogen-bond acceptors (Lipinski definition) is 5. The molecule has 1 aromatic carbocycles. The van der Waals surface area contributed by atoms with Crippen LogP contribution in [0, 0.1) is 5.92 Å². The molecule has 0 unspecified atom stereocenters. The first-order valence-electron chi connectivity index (χ1n) is 7.97. The van der Waals surface area contributed by atoms with Gasteiger partial charge in [0.2, 0.25) is 0 Å². The molecule has 0 amide bonds. The van der Waals surface area contributed by atoms with Crippen molar-refractivity contribution in [1.29, 1.82) is 0 Å². The number of carbonyl (C=O) groups excluding carboxylic acids is 1. The third kappa shape index (κ3) is 1.23. The van der Waals surface area contributed by atoms with Crippen LogP contribution in [0.4, 0.5) is 0 Å². The summed E-state index contributed by atoms with van der Waals surface area (Å²) >= 11 is 0. The monoisotopic (exact) mass is 301 g/mol. The lowest BCUT2D eigenvalue weighted by Gasteiger charge is -2.57. The molecule has 5 rings (SSSR count). The highest BCUT2D eigenvalue weighted by atomic mass is 16.5. The van der Waals surface area contributed by atoms with Gasteiger partial charge < -0.3 is 19.8 Å². The Hall–Kier alpha value is -1.59. The lowest BCUT2D eigenvalue weighted by molar-refractivity contribution is -0.151. The van der Waals surface area contributed by atoms with Gasteiger partial charge in [-0.15, -0.1) is 0 Å². The first kappa shape index (κ1) is 12.9. The summed E-state index contributed by atoms with van der Waals surface area (Å²) in [6, 6.07) is 3.80. The number of Topliss-reactive ketones (excluding diaryl/α,β-unsaturated/α-hetero) is 1. The van der Waals surface area contributed by atoms with Gasteiger partial charge in [0.05, 0.1) is 11.5 Å². The van der Waals surface area contributed by atoms with Crippen molar-refractivity contribution in [3.63, 3.8) is 0 Å². The van der Waals surface area contributed by atoms with E-state index in [-0.39, 0.29) is 29.9 Å². The number of aliphatic hydroxyl groups excluding tert-OH is 1. The highest BCUT2D eigenvalue weighted by Gasteiger charge is 2.68. The zero-order chi connectivity index (χ0) is 15.2. The van der Waals surface area contributed by atoms with Gasteiger partial charge in [0.1, 0.15) is 11.9 Å². The number of aromatic hydroxyl groups is 1. The molecule has 2 N–H and O–H groups in total. The van der Waals surface area contributed by atoms with E-state index in [0.717, 1.165) is 30.5 Å². The Labute approximate surface area is 128 Å². The van der Waals surface area contributed by atoms with Gasteiger partial charge in [0.15, 0.2) is 11.5 Å². The number of phenols is 1. The van der Waals surface area contributed by atoms with E-state index in [1.54, 1.807) is 6.07 Å². The molecule has 1 saturated heterocycles. The predicted molar refractivity (Wildman–Crippen MR) is 78.1 cm³/mol. The number of phenolic OH excluding ortho intramolecular Hbond substituents is 1. The van der Waals surface area contributed by atoms with Crippen LogP contribution in [0.3, 0.4) is 0 Å². The van der Waals surface area contributed by atoms with E-state index in [0.29, 0.717) is 5.75 Å². The topological polar surface area (TPSA) is 70.0 Å². The van der Waals surface area contributed by atoms with Gasteiger partial charge in [-0.05, 0) is 38.1 Å². The van der Waals surface area contributed by atoms with E-state index < -0.39 is 17.6 Å². The van der Waals surface area contributed by atoms with Crippen molar-refractivity contribution >= 4 is 5.78 Å². The summed E-state index contributed by atoms with van der Waals surface area (Å²) in [7, 11) is 2.08. The van der Waals surface area contributed by atoms with Gasteiger partial charge in [-0.3, -0.25) is 4.79 Å². The average molecular weight is 301 g/mol. The highest BCUT2D eigenvalue weighted by molar-refractivity contribution is 5.87. The van der Waals surface area contributed by atoms with Crippen molar-refractivity contribution in [2.75, 3.05) is 13.6 Å². The van der Waals surface area contributed by atoms with Crippen LogP contribution < -0.4 is 4.74 Å². The molecule has 2 fully saturated rings. The summed E-state index contributed by atoms with van der Waals surface area (Å²) in [4.78, 5) is 15.0. The molecule has 2 heterocycles. The Kier molecular flexibility index (Phi) is 2.25. The predicted octanol–water partition coefficient (Wildman–Crippen LogP) is 0.601. The summed E-state index contributed by atoms with van der Waals surface area (Å²) < 4.78 is 6.03. The van der Waals surface area contributed by atoms with Crippen molar-refractivity contribution in [2.45, 2.75) is 42.9 Å². The first-order chi connectivity index (χ1) is 10.5. The second-order valence-electron chi connectivity index (χ2n) is 7.24. The number of carbonyl (C=O) groups is 1. The molecule has 4 aliphatic rings. The molecule has 1 aromatic rings. The van der Waals surface area contributed by atoms with Crippen LogP contribution >= 0.6 is 0 Å². The molecule has 2 bridgehead atoms. The molecule has 0 aromatic heterocycles. The Balaban J connectivity index is 1.84. The molecule has 5 heteroatoms. The molecule has 2 aliphatic carbocycles. The minimum absolute atomic E-state index is 0.123. The van der Waals surface area contributed by atoms with E-state index in [2.05, 4.69) is 11.9 Å². The molecule has 1 spiro atoms. The van der Waals surface area contributed by atoms with Crippen molar-refractivity contribution in [2.24, 2.45) is 5.92 Å². The number of benzene rings is 1. The summed E-state index contributed by atoms with van der Waals surface area (Å²) in [6.45, 7) is 0.884. The number of ether oxygens (including phenoxy) is 1. The number of piperidine rings is 1. The summed E-state index contributed by atoms with van der Waals surface area (Å²) in [6.07, 6.45) is 0.565. The zero-order valence-corrected chi connectivity index (χ0v) is 12.5. The maximum atomic E-state index is 12.8. The molecule has 2 aliphatic heterocycles. The third-order valence-corrected chi connectivity index (χ3v) is 6.36. The Bertz CT molecular complexity index is 702. The van der Waals surface area contributed by atoms with Crippen LogP contribution in [0.1, 0.15) is 24.0 Å². The van der Waals surface area contributed by atoms with Crippen molar-refractivity contribution in [3.8, 4) is 11.5 Å². The minimum atomic E-state index is -0.787. The van der Waals surface area contributed by atoms with Gasteiger partial charge >= 0.3 is 0 Å². The number of hydrogen-bond donors (Lipinski definition) is 2. The number of aliphatic hydroxyl groups is 1. The summed E-state index contributed by atoms with van der Waals surface area (Å²) in [5, 5.41) is 20.7. The normalized spacial score (nSPS) is 42.0. The summed E-state index contributed by atoms with van der Waals surface area (Å²) in [5.41, 5.74) is 1.71. The van der Waals surface area contributed by atoms with E-state index in [1.807, 2.05) is 6.07 Å². The van der Waals surface area contributed by atoms with E-state index in [9.17, 15) is 15.0 Å². The zero-order valence-electron chi connectivity index (χ0n) is 12.5. The fourth-order valence-corrected chi connectivity index (χ4v) is 5.53. The maximum absolute atomic E-state index is 12.8. The number of rotatable bonds is 0. The maximum Gasteiger partial charge on any atom is 0.165 e. The van der Waals surface area contributed by atoms with E-state index in [1.165, 1.54) is 0 Å². The largest absolute Gasteiger partial charge is 0.504 e. The fourth-order valence-electron chi connectivity index (χ4n) is 5.53. The number of ketones is 1. The quantitative estimate of drug-likeness (QED) is 0.734. The van der Waals surface area contributed by atoms with Crippen LogP contribution in [-0.2, 0) is 16.6 Å². The van der Waals surface area contributed by atoms with Crippen LogP contribution in [0.25, 0.3) is 0 Å². The van der Waals surface area contributed by atoms with Crippen LogP contribution in [0.15, 0.2) is 12.1 Å². The molecule has 5 atom stereocenters. The molecule has 116 valence electrons. The molecule has 0 radical (unpaired) electrons. The standard InChI is InChI=1S/C17H19NO4/c1-18-5-4-17-13-8-2-3-10(19)15(13)22-16(17)12(21)7-11(20)14(17)9(18)6-8/h2-3,9,12,14,16,19,21H,4-7H2,1H3/t9-,12+,14-,16+,17-/m1/s1. The molecular weight excluding hydrogens is 282 g/mol. The van der Waals surface area contributed by atoms with Crippen LogP contribution in [0.2, 0.25) is 0 Å². The second-order valence-corrected chi connectivity index (χ2v) is 7.24. The van der Waals surface area contributed by atoms with E-state index in [4.69, 9.17) is 4.74 Å². The molecule has 5 nitrogen and oxygen atoms in total. The van der Waals surface area contributed by atoms with Gasteiger partial charge in [0, 0.05) is 23.9 Å². The summed E-state index contributed by atoms with van der Waals surface area (Å²) in [5.74, 6) is 0.642. The van der Waals surface area contributed by atoms with Crippen molar-refractivity contribution in [1.82, 2.24) is 4.90 Å².